The number of amides is 2. The Hall–Kier alpha value is -2.84. The molecule has 1 aliphatic rings. The zero-order chi connectivity index (χ0) is 21.5. The number of rotatable bonds is 8. The lowest BCUT2D eigenvalue weighted by Crippen LogP contribution is -2.31. The summed E-state index contributed by atoms with van der Waals surface area (Å²) in [7, 11) is 1.60. The van der Waals surface area contributed by atoms with E-state index in [1.165, 1.54) is 16.7 Å². The summed E-state index contributed by atoms with van der Waals surface area (Å²) in [6, 6.07) is 14.6. The molecule has 0 atom stereocenters. The fraction of sp³-hybridized carbons (Fsp3) is 0.227. The van der Waals surface area contributed by atoms with Crippen molar-refractivity contribution in [3.05, 3.63) is 59.0 Å². The highest BCUT2D eigenvalue weighted by Crippen LogP contribution is 2.33. The van der Waals surface area contributed by atoms with E-state index in [-0.39, 0.29) is 24.8 Å². The van der Waals surface area contributed by atoms with E-state index in [9.17, 15) is 9.59 Å². The molecule has 0 spiro atoms. The van der Waals surface area contributed by atoms with Gasteiger partial charge in [0.2, 0.25) is 5.91 Å². The number of nitrogens with one attached hydrogen (secondary N) is 1. The van der Waals surface area contributed by atoms with Crippen LogP contribution in [0.2, 0.25) is 0 Å². The summed E-state index contributed by atoms with van der Waals surface area (Å²) in [5.41, 5.74) is 1.48. The summed E-state index contributed by atoms with van der Waals surface area (Å²) in [5.74, 6) is 0.955. The number of para-hydroxylation sites is 2. The molecule has 2 aromatic rings. The second-order valence-electron chi connectivity index (χ2n) is 6.33. The Kier molecular flexibility index (Phi) is 7.48. The van der Waals surface area contributed by atoms with Crippen LogP contribution in [0, 0.1) is 0 Å². The van der Waals surface area contributed by atoms with Gasteiger partial charge in [0.05, 0.1) is 24.3 Å². The Balaban J connectivity index is 1.60. The summed E-state index contributed by atoms with van der Waals surface area (Å²) in [6.07, 6.45) is 1.92. The van der Waals surface area contributed by atoms with Crippen LogP contribution in [0.5, 0.6) is 11.5 Å². The zero-order valence-electron chi connectivity index (χ0n) is 16.7. The molecule has 0 unspecified atom stereocenters. The maximum absolute atomic E-state index is 12.7. The molecular weight excluding hydrogens is 420 g/mol. The van der Waals surface area contributed by atoms with Crippen molar-refractivity contribution in [3.63, 3.8) is 0 Å². The molecule has 0 aromatic heterocycles. The molecule has 0 radical (unpaired) electrons. The van der Waals surface area contributed by atoms with Gasteiger partial charge in [0.25, 0.3) is 5.91 Å². The maximum Gasteiger partial charge on any atom is 0.266 e. The molecule has 8 heteroatoms. The van der Waals surface area contributed by atoms with E-state index >= 15 is 0 Å². The van der Waals surface area contributed by atoms with Crippen LogP contribution in [-0.2, 0) is 9.59 Å². The Labute approximate surface area is 185 Å². The quantitative estimate of drug-likeness (QED) is 0.485. The number of methoxy groups -OCH3 is 1. The predicted octanol–water partition coefficient (Wildman–Crippen LogP) is 4.32. The van der Waals surface area contributed by atoms with E-state index in [0.717, 1.165) is 11.3 Å². The lowest BCUT2D eigenvalue weighted by molar-refractivity contribution is -0.122. The van der Waals surface area contributed by atoms with Crippen molar-refractivity contribution in [2.45, 2.75) is 13.3 Å². The lowest BCUT2D eigenvalue weighted by atomic mass is 10.2. The molecule has 156 valence electrons. The number of nitrogens with zero attached hydrogens (tertiary/aromatic N) is 1. The fourth-order valence-electron chi connectivity index (χ4n) is 2.82. The van der Waals surface area contributed by atoms with Gasteiger partial charge in [0.1, 0.15) is 15.8 Å². The molecule has 1 N–H and O–H groups in total. The first-order valence-electron chi connectivity index (χ1n) is 9.43. The number of hydrogen-bond acceptors (Lipinski definition) is 6. The van der Waals surface area contributed by atoms with Crippen molar-refractivity contribution in [2.24, 2.45) is 0 Å². The maximum atomic E-state index is 12.7. The Bertz CT molecular complexity index is 973. The van der Waals surface area contributed by atoms with Gasteiger partial charge in [-0.25, -0.2) is 0 Å². The monoisotopic (exact) mass is 442 g/mol. The van der Waals surface area contributed by atoms with Crippen LogP contribution in [-0.4, -0.2) is 41.3 Å². The van der Waals surface area contributed by atoms with Crippen molar-refractivity contribution in [1.82, 2.24) is 4.90 Å². The molecule has 0 bridgehead atoms. The third-order valence-corrected chi connectivity index (χ3v) is 5.69. The molecule has 6 nitrogen and oxygen atoms in total. The van der Waals surface area contributed by atoms with Crippen LogP contribution >= 0.6 is 24.0 Å². The molecule has 2 amide bonds. The number of thioether (sulfide) groups is 1. The van der Waals surface area contributed by atoms with Gasteiger partial charge in [-0.15, -0.1) is 0 Å². The Morgan fingerprint density at radius 3 is 2.63 bits per heavy atom. The van der Waals surface area contributed by atoms with E-state index in [1.54, 1.807) is 25.3 Å². The van der Waals surface area contributed by atoms with Crippen LogP contribution in [0.3, 0.4) is 0 Å². The minimum atomic E-state index is -0.213. The average molecular weight is 443 g/mol. The van der Waals surface area contributed by atoms with Crippen LogP contribution < -0.4 is 14.8 Å². The molecule has 2 aromatic carbocycles. The van der Waals surface area contributed by atoms with Crippen molar-refractivity contribution < 1.29 is 19.1 Å². The van der Waals surface area contributed by atoms with E-state index in [1.807, 2.05) is 43.3 Å². The summed E-state index contributed by atoms with van der Waals surface area (Å²) < 4.78 is 11.1. The smallest absolute Gasteiger partial charge is 0.266 e. The number of thiocarbonyl (C=S) groups is 1. The van der Waals surface area contributed by atoms with Crippen LogP contribution in [0.25, 0.3) is 6.08 Å². The largest absolute Gasteiger partial charge is 0.497 e. The molecule has 30 heavy (non-hydrogen) atoms. The normalized spacial score (nSPS) is 14.9. The number of carbonyl (C=O) groups is 2. The van der Waals surface area contributed by atoms with Gasteiger partial charge in [-0.1, -0.05) is 48.2 Å². The SMILES string of the molecule is CCOc1ccccc1NC(=O)CCN1C(=O)C(=Cc2ccc(OC)cc2)SC1=S. The number of benzene rings is 2. The summed E-state index contributed by atoms with van der Waals surface area (Å²) in [4.78, 5) is 27.1. The number of ether oxygens (including phenoxy) is 2. The molecule has 1 aliphatic heterocycles. The van der Waals surface area contributed by atoms with Crippen molar-refractivity contribution in [1.29, 1.82) is 0 Å². The minimum absolute atomic E-state index is 0.128. The lowest BCUT2D eigenvalue weighted by Gasteiger charge is -2.15. The van der Waals surface area contributed by atoms with Gasteiger partial charge < -0.3 is 14.8 Å². The van der Waals surface area contributed by atoms with Crippen molar-refractivity contribution in [3.8, 4) is 11.5 Å². The van der Waals surface area contributed by atoms with Crippen LogP contribution in [0.4, 0.5) is 5.69 Å². The van der Waals surface area contributed by atoms with E-state index < -0.39 is 0 Å². The molecule has 1 fully saturated rings. The van der Waals surface area contributed by atoms with Gasteiger partial charge in [-0.05, 0) is 42.8 Å². The third-order valence-electron chi connectivity index (χ3n) is 4.31. The number of hydrogen-bond donors (Lipinski definition) is 1. The number of anilines is 1. The van der Waals surface area contributed by atoms with Gasteiger partial charge in [0.15, 0.2) is 0 Å². The first-order chi connectivity index (χ1) is 14.5. The highest BCUT2D eigenvalue weighted by molar-refractivity contribution is 8.26. The highest BCUT2D eigenvalue weighted by Gasteiger charge is 2.32. The Morgan fingerprint density at radius 1 is 1.20 bits per heavy atom. The first-order valence-corrected chi connectivity index (χ1v) is 10.7. The predicted molar refractivity (Wildman–Crippen MR) is 124 cm³/mol. The van der Waals surface area contributed by atoms with Gasteiger partial charge in [-0.3, -0.25) is 14.5 Å². The standard InChI is InChI=1S/C22H22N2O4S2/c1-3-28-18-7-5-4-6-17(18)23-20(25)12-13-24-21(26)19(30-22(24)29)14-15-8-10-16(27-2)11-9-15/h4-11,14H,3,12-13H2,1-2H3,(H,23,25). The molecular formula is C22H22N2O4S2. The average Bonchev–Trinajstić information content (AvgIpc) is 3.01. The topological polar surface area (TPSA) is 67.9 Å². The van der Waals surface area contributed by atoms with Crippen LogP contribution in [0.15, 0.2) is 53.4 Å². The Morgan fingerprint density at radius 2 is 1.93 bits per heavy atom. The van der Waals surface area contributed by atoms with E-state index in [4.69, 9.17) is 21.7 Å². The van der Waals surface area contributed by atoms with E-state index in [0.29, 0.717) is 27.3 Å². The second kappa shape index (κ2) is 10.3. The second-order valence-corrected chi connectivity index (χ2v) is 8.01. The van der Waals surface area contributed by atoms with Gasteiger partial charge >= 0.3 is 0 Å². The fourth-order valence-corrected chi connectivity index (χ4v) is 4.13. The van der Waals surface area contributed by atoms with Gasteiger partial charge in [-0.2, -0.15) is 0 Å². The van der Waals surface area contributed by atoms with Crippen LogP contribution in [0.1, 0.15) is 18.9 Å². The summed E-state index contributed by atoms with van der Waals surface area (Å²) in [5, 5.41) is 2.83. The van der Waals surface area contributed by atoms with Crippen molar-refractivity contribution >= 4 is 51.9 Å². The molecule has 3 rings (SSSR count). The molecule has 0 saturated carbocycles. The summed E-state index contributed by atoms with van der Waals surface area (Å²) in [6.45, 7) is 2.60. The third kappa shape index (κ3) is 5.40. The first kappa shape index (κ1) is 21.9. The molecule has 1 saturated heterocycles. The van der Waals surface area contributed by atoms with Crippen molar-refractivity contribution in [2.75, 3.05) is 25.6 Å². The summed E-state index contributed by atoms with van der Waals surface area (Å²) >= 11 is 6.58. The minimum Gasteiger partial charge on any atom is -0.497 e. The van der Waals surface area contributed by atoms with Gasteiger partial charge in [0, 0.05) is 13.0 Å². The number of carbonyl (C=O) groups excluding carboxylic acids is 2. The molecule has 1 heterocycles. The van der Waals surface area contributed by atoms with E-state index in [2.05, 4.69) is 5.32 Å². The molecule has 0 aliphatic carbocycles. The highest BCUT2D eigenvalue weighted by atomic mass is 32.2. The zero-order valence-corrected chi connectivity index (χ0v) is 18.3.